The third-order valence-corrected chi connectivity index (χ3v) is 6.92. The highest BCUT2D eigenvalue weighted by molar-refractivity contribution is 9.10. The van der Waals surface area contributed by atoms with Crippen LogP contribution in [0.1, 0.15) is 42.5 Å². The molecule has 3 rings (SSSR count). The number of halogens is 1. The first kappa shape index (κ1) is 20.8. The fourth-order valence-electron chi connectivity index (χ4n) is 3.24. The summed E-state index contributed by atoms with van der Waals surface area (Å²) in [4.78, 5) is 12.6. The van der Waals surface area contributed by atoms with E-state index in [0.29, 0.717) is 21.5 Å². The van der Waals surface area contributed by atoms with Gasteiger partial charge in [0.2, 0.25) is 10.0 Å². The van der Waals surface area contributed by atoms with E-state index in [9.17, 15) is 13.2 Å². The maximum absolute atomic E-state index is 12.5. The summed E-state index contributed by atoms with van der Waals surface area (Å²) in [5, 5.41) is 2.77. The van der Waals surface area contributed by atoms with E-state index in [1.165, 1.54) is 12.1 Å². The summed E-state index contributed by atoms with van der Waals surface area (Å²) in [6.07, 6.45) is 5.03. The van der Waals surface area contributed by atoms with Gasteiger partial charge in [0.05, 0.1) is 16.5 Å². The minimum atomic E-state index is -3.55. The molecule has 0 unspecified atom stereocenters. The molecule has 0 bridgehead atoms. The molecule has 150 valence electrons. The Morgan fingerprint density at radius 1 is 1.07 bits per heavy atom. The summed E-state index contributed by atoms with van der Waals surface area (Å²) < 4.78 is 33.7. The molecule has 0 aromatic heterocycles. The van der Waals surface area contributed by atoms with Gasteiger partial charge in [0, 0.05) is 17.3 Å². The van der Waals surface area contributed by atoms with Crippen LogP contribution in [-0.4, -0.2) is 27.5 Å². The minimum absolute atomic E-state index is 0.00616. The van der Waals surface area contributed by atoms with Crippen LogP contribution in [0.25, 0.3) is 0 Å². The summed E-state index contributed by atoms with van der Waals surface area (Å²) in [7, 11) is -2.00. The number of anilines is 1. The molecule has 1 aliphatic carbocycles. The highest BCUT2D eigenvalue weighted by atomic mass is 79.9. The highest BCUT2D eigenvalue weighted by Crippen LogP contribution is 2.26. The Hall–Kier alpha value is -1.90. The Kier molecular flexibility index (Phi) is 6.74. The zero-order valence-electron chi connectivity index (χ0n) is 15.6. The van der Waals surface area contributed by atoms with Gasteiger partial charge in [0.15, 0.2) is 0 Å². The summed E-state index contributed by atoms with van der Waals surface area (Å²) >= 11 is 3.35. The smallest absolute Gasteiger partial charge is 0.255 e. The topological polar surface area (TPSA) is 84.5 Å². The van der Waals surface area contributed by atoms with Crippen LogP contribution in [0.15, 0.2) is 51.8 Å². The second kappa shape index (κ2) is 9.07. The molecule has 2 aromatic rings. The average Bonchev–Trinajstić information content (AvgIpc) is 2.68. The largest absolute Gasteiger partial charge is 0.496 e. The van der Waals surface area contributed by atoms with Crippen molar-refractivity contribution in [1.82, 2.24) is 4.72 Å². The average molecular weight is 467 g/mol. The van der Waals surface area contributed by atoms with Crippen molar-refractivity contribution in [2.75, 3.05) is 12.4 Å². The molecule has 8 heteroatoms. The minimum Gasteiger partial charge on any atom is -0.496 e. The van der Waals surface area contributed by atoms with Crippen LogP contribution in [0.5, 0.6) is 5.75 Å². The number of benzene rings is 2. The molecule has 0 saturated heterocycles. The normalized spacial score (nSPS) is 15.2. The zero-order valence-corrected chi connectivity index (χ0v) is 18.0. The first-order valence-corrected chi connectivity index (χ1v) is 11.4. The molecule has 28 heavy (non-hydrogen) atoms. The number of hydrogen-bond acceptors (Lipinski definition) is 4. The summed E-state index contributed by atoms with van der Waals surface area (Å²) in [6.45, 7) is 0. The van der Waals surface area contributed by atoms with Gasteiger partial charge in [-0.1, -0.05) is 19.3 Å². The SMILES string of the molecule is COc1ccc(C(=O)Nc2ccc(S(=O)(=O)NC3CCCCC3)cc2)cc1Br. The molecule has 2 N–H and O–H groups in total. The summed E-state index contributed by atoms with van der Waals surface area (Å²) in [6, 6.07) is 11.2. The maximum atomic E-state index is 12.5. The molecule has 2 aromatic carbocycles. The van der Waals surface area contributed by atoms with E-state index in [2.05, 4.69) is 26.0 Å². The van der Waals surface area contributed by atoms with Gasteiger partial charge in [-0.3, -0.25) is 4.79 Å². The Labute approximate surface area is 173 Å². The lowest BCUT2D eigenvalue weighted by Gasteiger charge is -2.22. The predicted octanol–water partition coefficient (Wildman–Crippen LogP) is 4.32. The molecule has 0 aliphatic heterocycles. The van der Waals surface area contributed by atoms with E-state index < -0.39 is 10.0 Å². The van der Waals surface area contributed by atoms with Crippen molar-refractivity contribution in [3.8, 4) is 5.75 Å². The van der Waals surface area contributed by atoms with Gasteiger partial charge in [0.25, 0.3) is 5.91 Å². The van der Waals surface area contributed by atoms with Crippen molar-refractivity contribution in [2.24, 2.45) is 0 Å². The van der Waals surface area contributed by atoms with Gasteiger partial charge < -0.3 is 10.1 Å². The third-order valence-electron chi connectivity index (χ3n) is 4.76. The molecule has 6 nitrogen and oxygen atoms in total. The van der Waals surface area contributed by atoms with E-state index in [1.54, 1.807) is 37.4 Å². The Morgan fingerprint density at radius 3 is 2.36 bits per heavy atom. The molecular weight excluding hydrogens is 444 g/mol. The molecule has 1 saturated carbocycles. The number of carbonyl (C=O) groups excluding carboxylic acids is 1. The van der Waals surface area contributed by atoms with Crippen molar-refractivity contribution >= 4 is 37.5 Å². The highest BCUT2D eigenvalue weighted by Gasteiger charge is 2.21. The lowest BCUT2D eigenvalue weighted by molar-refractivity contribution is 0.102. The molecule has 1 fully saturated rings. The van der Waals surface area contributed by atoms with E-state index >= 15 is 0 Å². The van der Waals surface area contributed by atoms with Gasteiger partial charge in [-0.25, -0.2) is 13.1 Å². The number of methoxy groups -OCH3 is 1. The number of rotatable bonds is 6. The number of amides is 1. The predicted molar refractivity (Wildman–Crippen MR) is 112 cm³/mol. The van der Waals surface area contributed by atoms with Crippen molar-refractivity contribution in [3.63, 3.8) is 0 Å². The van der Waals surface area contributed by atoms with E-state index in [-0.39, 0.29) is 16.8 Å². The zero-order chi connectivity index (χ0) is 20.1. The number of nitrogens with one attached hydrogen (secondary N) is 2. The molecular formula is C20H23BrN2O4S. The first-order valence-electron chi connectivity index (χ1n) is 9.16. The van der Waals surface area contributed by atoms with E-state index in [4.69, 9.17) is 4.74 Å². The summed E-state index contributed by atoms with van der Waals surface area (Å²) in [5.74, 6) is 0.343. The standard InChI is InChI=1S/C20H23BrN2O4S/c1-27-19-12-7-14(13-18(19)21)20(24)22-15-8-10-17(11-9-15)28(25,26)23-16-5-3-2-4-6-16/h7-13,16,23H,2-6H2,1H3,(H,22,24). The van der Waals surface area contributed by atoms with Crippen molar-refractivity contribution in [3.05, 3.63) is 52.5 Å². The maximum Gasteiger partial charge on any atom is 0.255 e. The van der Waals surface area contributed by atoms with Gasteiger partial charge in [-0.2, -0.15) is 0 Å². The lowest BCUT2D eigenvalue weighted by atomic mass is 9.96. The molecule has 0 spiro atoms. The molecule has 1 amide bonds. The molecule has 0 radical (unpaired) electrons. The van der Waals surface area contributed by atoms with Crippen LogP contribution >= 0.6 is 15.9 Å². The van der Waals surface area contributed by atoms with Gasteiger partial charge >= 0.3 is 0 Å². The van der Waals surface area contributed by atoms with E-state index in [0.717, 1.165) is 32.1 Å². The van der Waals surface area contributed by atoms with Crippen molar-refractivity contribution in [2.45, 2.75) is 43.0 Å². The number of ether oxygens (including phenoxy) is 1. The lowest BCUT2D eigenvalue weighted by Crippen LogP contribution is -2.36. The Bertz CT molecular complexity index is 939. The second-order valence-electron chi connectivity index (χ2n) is 6.78. The van der Waals surface area contributed by atoms with Crippen LogP contribution in [0.2, 0.25) is 0 Å². The summed E-state index contributed by atoms with van der Waals surface area (Å²) in [5.41, 5.74) is 0.983. The second-order valence-corrected chi connectivity index (χ2v) is 9.35. The number of carbonyl (C=O) groups is 1. The quantitative estimate of drug-likeness (QED) is 0.663. The third kappa shape index (κ3) is 5.12. The van der Waals surface area contributed by atoms with E-state index in [1.807, 2.05) is 0 Å². The van der Waals surface area contributed by atoms with Crippen LogP contribution in [0, 0.1) is 0 Å². The Morgan fingerprint density at radius 2 is 1.75 bits per heavy atom. The first-order chi connectivity index (χ1) is 13.4. The van der Waals surface area contributed by atoms with Gasteiger partial charge in [-0.05, 0) is 71.2 Å². The van der Waals surface area contributed by atoms with Gasteiger partial charge in [-0.15, -0.1) is 0 Å². The molecule has 0 heterocycles. The van der Waals surface area contributed by atoms with Crippen molar-refractivity contribution < 1.29 is 17.9 Å². The van der Waals surface area contributed by atoms with Gasteiger partial charge in [0.1, 0.15) is 5.75 Å². The Balaban J connectivity index is 1.66. The van der Waals surface area contributed by atoms with Crippen LogP contribution in [0.3, 0.4) is 0 Å². The van der Waals surface area contributed by atoms with Crippen LogP contribution in [0.4, 0.5) is 5.69 Å². The monoisotopic (exact) mass is 466 g/mol. The number of sulfonamides is 1. The van der Waals surface area contributed by atoms with Crippen LogP contribution in [-0.2, 0) is 10.0 Å². The fraction of sp³-hybridized carbons (Fsp3) is 0.350. The molecule has 1 aliphatic rings. The van der Waals surface area contributed by atoms with Crippen LogP contribution < -0.4 is 14.8 Å². The number of hydrogen-bond donors (Lipinski definition) is 2. The molecule has 0 atom stereocenters. The fourth-order valence-corrected chi connectivity index (χ4v) is 5.08. The van der Waals surface area contributed by atoms with Crippen molar-refractivity contribution in [1.29, 1.82) is 0 Å².